The summed E-state index contributed by atoms with van der Waals surface area (Å²) in [6.45, 7) is 4.23. The summed E-state index contributed by atoms with van der Waals surface area (Å²) in [6.07, 6.45) is 4.23. The quantitative estimate of drug-likeness (QED) is 0.736. The lowest BCUT2D eigenvalue weighted by molar-refractivity contribution is 0.136. The number of aliphatic hydroxyl groups is 2. The van der Waals surface area contributed by atoms with Gasteiger partial charge in [0.1, 0.15) is 0 Å². The highest BCUT2D eigenvalue weighted by Gasteiger charge is 2.29. The standard InChI is InChI=1S/C10H20O2S/c1-10(2,7-11)13-9-6-4-3-5-8(9)12/h8-9,11-12H,3-7H2,1-2H3. The van der Waals surface area contributed by atoms with Crippen molar-refractivity contribution in [2.45, 2.75) is 55.6 Å². The maximum Gasteiger partial charge on any atom is 0.0659 e. The zero-order chi connectivity index (χ0) is 9.90. The van der Waals surface area contributed by atoms with E-state index < -0.39 is 0 Å². The normalized spacial score (nSPS) is 30.5. The topological polar surface area (TPSA) is 40.5 Å². The molecule has 2 atom stereocenters. The van der Waals surface area contributed by atoms with Crippen molar-refractivity contribution in [3.63, 3.8) is 0 Å². The van der Waals surface area contributed by atoms with Crippen molar-refractivity contribution in [2.24, 2.45) is 0 Å². The van der Waals surface area contributed by atoms with Crippen LogP contribution in [-0.2, 0) is 0 Å². The third-order valence-electron chi connectivity index (χ3n) is 2.52. The van der Waals surface area contributed by atoms with Gasteiger partial charge in [-0.3, -0.25) is 0 Å². The lowest BCUT2D eigenvalue weighted by atomic mass is 9.97. The number of aliphatic hydroxyl groups excluding tert-OH is 2. The molecule has 2 nitrogen and oxygen atoms in total. The fraction of sp³-hybridized carbons (Fsp3) is 1.00. The number of hydrogen-bond donors (Lipinski definition) is 2. The summed E-state index contributed by atoms with van der Waals surface area (Å²) in [6, 6.07) is 0. The molecule has 1 aliphatic rings. The minimum absolute atomic E-state index is 0.108. The zero-order valence-corrected chi connectivity index (χ0v) is 9.31. The Labute approximate surface area is 84.7 Å². The molecule has 0 aromatic rings. The van der Waals surface area contributed by atoms with Crippen molar-refractivity contribution in [1.29, 1.82) is 0 Å². The molecule has 1 fully saturated rings. The summed E-state index contributed by atoms with van der Waals surface area (Å²) >= 11 is 1.73. The first-order chi connectivity index (χ1) is 6.05. The number of rotatable bonds is 3. The van der Waals surface area contributed by atoms with E-state index in [-0.39, 0.29) is 17.5 Å². The SMILES string of the molecule is CC(C)(CO)SC1CCCCC1O. The molecule has 1 rings (SSSR count). The largest absolute Gasteiger partial charge is 0.395 e. The van der Waals surface area contributed by atoms with Crippen molar-refractivity contribution in [3.05, 3.63) is 0 Å². The molecule has 0 radical (unpaired) electrons. The van der Waals surface area contributed by atoms with Gasteiger partial charge in [0.15, 0.2) is 0 Å². The van der Waals surface area contributed by atoms with Crippen LogP contribution in [0.3, 0.4) is 0 Å². The van der Waals surface area contributed by atoms with Crippen LogP contribution in [0, 0.1) is 0 Å². The Bertz CT molecular complexity index is 159. The van der Waals surface area contributed by atoms with Crippen molar-refractivity contribution in [2.75, 3.05) is 6.61 Å². The number of hydrogen-bond acceptors (Lipinski definition) is 3. The van der Waals surface area contributed by atoms with Gasteiger partial charge in [-0.2, -0.15) is 0 Å². The van der Waals surface area contributed by atoms with E-state index in [1.807, 2.05) is 13.8 Å². The van der Waals surface area contributed by atoms with Crippen LogP contribution in [0.15, 0.2) is 0 Å². The molecule has 3 heteroatoms. The molecule has 0 aromatic heterocycles. The molecule has 0 aromatic carbocycles. The summed E-state index contributed by atoms with van der Waals surface area (Å²) in [5.74, 6) is 0. The Kier molecular flexibility index (Phi) is 4.07. The zero-order valence-electron chi connectivity index (χ0n) is 8.49. The van der Waals surface area contributed by atoms with Gasteiger partial charge in [-0.1, -0.05) is 12.8 Å². The second-order valence-corrected chi connectivity index (χ2v) is 6.37. The van der Waals surface area contributed by atoms with Crippen molar-refractivity contribution >= 4 is 11.8 Å². The molecule has 0 spiro atoms. The second-order valence-electron chi connectivity index (χ2n) is 4.43. The predicted octanol–water partition coefficient (Wildman–Crippen LogP) is 1.79. The highest BCUT2D eigenvalue weighted by Crippen LogP contribution is 2.36. The average molecular weight is 204 g/mol. The van der Waals surface area contributed by atoms with Gasteiger partial charge < -0.3 is 10.2 Å². The maximum atomic E-state index is 9.73. The molecule has 78 valence electrons. The molecule has 1 saturated carbocycles. The van der Waals surface area contributed by atoms with Crippen LogP contribution in [0.25, 0.3) is 0 Å². The van der Waals surface area contributed by atoms with Crippen molar-refractivity contribution < 1.29 is 10.2 Å². The smallest absolute Gasteiger partial charge is 0.0659 e. The fourth-order valence-electron chi connectivity index (χ4n) is 1.66. The first-order valence-corrected chi connectivity index (χ1v) is 5.90. The van der Waals surface area contributed by atoms with Gasteiger partial charge in [0.2, 0.25) is 0 Å². The monoisotopic (exact) mass is 204 g/mol. The van der Waals surface area contributed by atoms with E-state index in [9.17, 15) is 5.11 Å². The van der Waals surface area contributed by atoms with E-state index in [2.05, 4.69) is 0 Å². The minimum Gasteiger partial charge on any atom is -0.395 e. The van der Waals surface area contributed by atoms with Crippen LogP contribution in [-0.4, -0.2) is 32.9 Å². The first kappa shape index (κ1) is 11.3. The van der Waals surface area contributed by atoms with Crippen LogP contribution >= 0.6 is 11.8 Å². The maximum absolute atomic E-state index is 9.73. The van der Waals surface area contributed by atoms with Crippen LogP contribution in [0.2, 0.25) is 0 Å². The lowest BCUT2D eigenvalue weighted by Gasteiger charge is -2.33. The molecule has 0 amide bonds. The van der Waals surface area contributed by atoms with E-state index >= 15 is 0 Å². The third kappa shape index (κ3) is 3.49. The third-order valence-corrected chi connectivity index (χ3v) is 4.14. The van der Waals surface area contributed by atoms with Gasteiger partial charge >= 0.3 is 0 Å². The summed E-state index contributed by atoms with van der Waals surface area (Å²) < 4.78 is -0.108. The highest BCUT2D eigenvalue weighted by molar-refractivity contribution is 8.01. The van der Waals surface area contributed by atoms with Gasteiger partial charge in [-0.15, -0.1) is 11.8 Å². The van der Waals surface area contributed by atoms with Crippen molar-refractivity contribution in [3.8, 4) is 0 Å². The van der Waals surface area contributed by atoms with Crippen LogP contribution in [0.4, 0.5) is 0 Å². The summed E-state index contributed by atoms with van der Waals surface area (Å²) in [5, 5.41) is 19.2. The van der Waals surface area contributed by atoms with E-state index in [0.717, 1.165) is 19.3 Å². The van der Waals surface area contributed by atoms with E-state index in [4.69, 9.17) is 5.11 Å². The molecule has 1 aliphatic carbocycles. The van der Waals surface area contributed by atoms with Gasteiger partial charge in [0.25, 0.3) is 0 Å². The summed E-state index contributed by atoms with van der Waals surface area (Å²) in [5.41, 5.74) is 0. The van der Waals surface area contributed by atoms with E-state index in [1.54, 1.807) is 11.8 Å². The molecule has 0 heterocycles. The van der Waals surface area contributed by atoms with Crippen LogP contribution in [0.5, 0.6) is 0 Å². The molecule has 0 aliphatic heterocycles. The number of thioether (sulfide) groups is 1. The first-order valence-electron chi connectivity index (χ1n) is 5.02. The van der Waals surface area contributed by atoms with Crippen molar-refractivity contribution in [1.82, 2.24) is 0 Å². The Hall–Kier alpha value is 0.270. The average Bonchev–Trinajstić information content (AvgIpc) is 2.09. The molecular weight excluding hydrogens is 184 g/mol. The Morgan fingerprint density at radius 1 is 1.31 bits per heavy atom. The lowest BCUT2D eigenvalue weighted by Crippen LogP contribution is -2.33. The van der Waals surface area contributed by atoms with Gasteiger partial charge in [0, 0.05) is 10.00 Å². The van der Waals surface area contributed by atoms with E-state index in [0.29, 0.717) is 5.25 Å². The Morgan fingerprint density at radius 2 is 1.92 bits per heavy atom. The Balaban J connectivity index is 2.42. The fourth-order valence-corrected chi connectivity index (χ4v) is 3.13. The molecule has 0 saturated heterocycles. The van der Waals surface area contributed by atoms with Gasteiger partial charge in [-0.05, 0) is 26.7 Å². The molecule has 2 unspecified atom stereocenters. The summed E-state index contributed by atoms with van der Waals surface area (Å²) in [4.78, 5) is 0. The van der Waals surface area contributed by atoms with E-state index in [1.165, 1.54) is 6.42 Å². The molecular formula is C10H20O2S. The minimum atomic E-state index is -0.162. The van der Waals surface area contributed by atoms with Crippen LogP contribution < -0.4 is 0 Å². The molecule has 0 bridgehead atoms. The molecule has 13 heavy (non-hydrogen) atoms. The highest BCUT2D eigenvalue weighted by atomic mass is 32.2. The molecule has 2 N–H and O–H groups in total. The predicted molar refractivity (Wildman–Crippen MR) is 57.0 cm³/mol. The van der Waals surface area contributed by atoms with Gasteiger partial charge in [0.05, 0.1) is 12.7 Å². The van der Waals surface area contributed by atoms with Crippen LogP contribution in [0.1, 0.15) is 39.5 Å². The summed E-state index contributed by atoms with van der Waals surface area (Å²) in [7, 11) is 0. The Morgan fingerprint density at radius 3 is 2.46 bits per heavy atom. The second kappa shape index (κ2) is 4.67. The van der Waals surface area contributed by atoms with Gasteiger partial charge in [-0.25, -0.2) is 0 Å².